The van der Waals surface area contributed by atoms with Gasteiger partial charge in [-0.15, -0.1) is 0 Å². The van der Waals surface area contributed by atoms with Crippen molar-refractivity contribution in [3.63, 3.8) is 0 Å². The van der Waals surface area contributed by atoms with Crippen LogP contribution in [0, 0.1) is 6.92 Å². The smallest absolute Gasteiger partial charge is 0.244 e. The van der Waals surface area contributed by atoms with Crippen molar-refractivity contribution in [1.29, 1.82) is 0 Å². The molecule has 7 heteroatoms. The Morgan fingerprint density at radius 3 is 2.39 bits per heavy atom. The maximum Gasteiger partial charge on any atom is 0.244 e. The van der Waals surface area contributed by atoms with Gasteiger partial charge in [0.25, 0.3) is 0 Å². The molecule has 1 saturated heterocycles. The van der Waals surface area contributed by atoms with Crippen molar-refractivity contribution in [2.75, 3.05) is 31.6 Å². The Bertz CT molecular complexity index is 752. The van der Waals surface area contributed by atoms with Gasteiger partial charge < -0.3 is 10.1 Å². The van der Waals surface area contributed by atoms with E-state index in [4.69, 9.17) is 4.74 Å². The molecular weight excluding hydrogens is 314 g/mol. The predicted molar refractivity (Wildman–Crippen MR) is 88.3 cm³/mol. The molecule has 3 rings (SSSR count). The van der Waals surface area contributed by atoms with Crippen molar-refractivity contribution in [2.45, 2.75) is 11.8 Å². The zero-order valence-corrected chi connectivity index (χ0v) is 13.7. The lowest BCUT2D eigenvalue weighted by Crippen LogP contribution is -2.40. The number of anilines is 2. The fraction of sp³-hybridized carbons (Fsp3) is 0.312. The molecular formula is C16H19N3O3S. The van der Waals surface area contributed by atoms with Crippen molar-refractivity contribution >= 4 is 21.5 Å². The summed E-state index contributed by atoms with van der Waals surface area (Å²) >= 11 is 0. The van der Waals surface area contributed by atoms with E-state index in [2.05, 4.69) is 10.3 Å². The Kier molecular flexibility index (Phi) is 4.61. The third kappa shape index (κ3) is 3.69. The number of hydrogen-bond donors (Lipinski definition) is 1. The van der Waals surface area contributed by atoms with Gasteiger partial charge in [0.1, 0.15) is 10.7 Å². The second kappa shape index (κ2) is 6.66. The van der Waals surface area contributed by atoms with Crippen LogP contribution in [0.25, 0.3) is 0 Å². The van der Waals surface area contributed by atoms with Gasteiger partial charge in [-0.3, -0.25) is 0 Å². The molecule has 1 aliphatic rings. The van der Waals surface area contributed by atoms with Crippen LogP contribution in [0.15, 0.2) is 47.5 Å². The van der Waals surface area contributed by atoms with Gasteiger partial charge >= 0.3 is 0 Å². The summed E-state index contributed by atoms with van der Waals surface area (Å²) < 4.78 is 31.6. The third-order valence-corrected chi connectivity index (χ3v) is 5.55. The van der Waals surface area contributed by atoms with Crippen molar-refractivity contribution < 1.29 is 13.2 Å². The van der Waals surface area contributed by atoms with Crippen molar-refractivity contribution in [1.82, 2.24) is 9.29 Å². The highest BCUT2D eigenvalue weighted by Crippen LogP contribution is 2.19. The summed E-state index contributed by atoms with van der Waals surface area (Å²) in [6, 6.07) is 11.2. The van der Waals surface area contributed by atoms with E-state index in [1.807, 2.05) is 31.2 Å². The zero-order chi connectivity index (χ0) is 16.3. The minimum absolute atomic E-state index is 0.203. The van der Waals surface area contributed by atoms with Crippen LogP contribution in [0.5, 0.6) is 0 Å². The predicted octanol–water partition coefficient (Wildman–Crippen LogP) is 2.15. The first kappa shape index (κ1) is 15.9. The Morgan fingerprint density at radius 1 is 1.09 bits per heavy atom. The number of ether oxygens (including phenoxy) is 1. The van der Waals surface area contributed by atoms with Crippen molar-refractivity contribution in [3.8, 4) is 0 Å². The summed E-state index contributed by atoms with van der Waals surface area (Å²) in [5.41, 5.74) is 2.09. The van der Waals surface area contributed by atoms with Crippen LogP contribution in [0.4, 0.5) is 11.5 Å². The number of aromatic nitrogens is 1. The molecule has 0 spiro atoms. The molecule has 0 amide bonds. The van der Waals surface area contributed by atoms with Crippen LogP contribution in [0.1, 0.15) is 5.56 Å². The second-order valence-corrected chi connectivity index (χ2v) is 7.32. The monoisotopic (exact) mass is 333 g/mol. The zero-order valence-electron chi connectivity index (χ0n) is 12.9. The van der Waals surface area contributed by atoms with Crippen LogP contribution < -0.4 is 5.32 Å². The molecule has 0 bridgehead atoms. The molecule has 0 radical (unpaired) electrons. The van der Waals surface area contributed by atoms with Gasteiger partial charge in [0.2, 0.25) is 10.0 Å². The second-order valence-electron chi connectivity index (χ2n) is 5.39. The highest BCUT2D eigenvalue weighted by Gasteiger charge is 2.26. The first-order valence-corrected chi connectivity index (χ1v) is 8.87. The van der Waals surface area contributed by atoms with E-state index in [0.717, 1.165) is 5.69 Å². The quantitative estimate of drug-likeness (QED) is 0.928. The topological polar surface area (TPSA) is 71.5 Å². The van der Waals surface area contributed by atoms with E-state index in [1.54, 1.807) is 12.1 Å². The van der Waals surface area contributed by atoms with E-state index in [1.165, 1.54) is 16.1 Å². The van der Waals surface area contributed by atoms with Crippen LogP contribution >= 0.6 is 0 Å². The lowest BCUT2D eigenvalue weighted by atomic mass is 10.2. The Labute approximate surface area is 136 Å². The SMILES string of the molecule is Cc1ccc(Nc2ccc(S(=O)(=O)N3CCOCC3)cn2)cc1. The number of sulfonamides is 1. The van der Waals surface area contributed by atoms with Crippen LogP contribution in [-0.2, 0) is 14.8 Å². The molecule has 1 fully saturated rings. The molecule has 0 saturated carbocycles. The molecule has 122 valence electrons. The number of rotatable bonds is 4. The van der Waals surface area contributed by atoms with Gasteiger partial charge in [-0.25, -0.2) is 13.4 Å². The number of nitrogens with one attached hydrogen (secondary N) is 1. The van der Waals surface area contributed by atoms with Crippen molar-refractivity contribution in [3.05, 3.63) is 48.2 Å². The minimum atomic E-state index is -3.49. The summed E-state index contributed by atoms with van der Waals surface area (Å²) in [4.78, 5) is 4.41. The molecule has 1 aromatic carbocycles. The Balaban J connectivity index is 1.74. The molecule has 1 aliphatic heterocycles. The maximum atomic E-state index is 12.5. The van der Waals surface area contributed by atoms with Gasteiger partial charge in [-0.05, 0) is 31.2 Å². The molecule has 2 aromatic rings. The molecule has 1 aromatic heterocycles. The summed E-state index contributed by atoms with van der Waals surface area (Å²) in [5, 5.41) is 3.15. The average molecular weight is 333 g/mol. The fourth-order valence-electron chi connectivity index (χ4n) is 2.33. The number of pyridine rings is 1. The number of hydrogen-bond acceptors (Lipinski definition) is 5. The van der Waals surface area contributed by atoms with Gasteiger partial charge in [0.15, 0.2) is 0 Å². The number of nitrogens with zero attached hydrogens (tertiary/aromatic N) is 2. The first-order valence-electron chi connectivity index (χ1n) is 7.43. The summed E-state index contributed by atoms with van der Waals surface area (Å²) in [6.45, 7) is 3.64. The van der Waals surface area contributed by atoms with E-state index in [9.17, 15) is 8.42 Å². The summed E-state index contributed by atoms with van der Waals surface area (Å²) in [5.74, 6) is 0.606. The normalized spacial score (nSPS) is 16.2. The van der Waals surface area contributed by atoms with Gasteiger partial charge in [0, 0.05) is 25.0 Å². The first-order chi connectivity index (χ1) is 11.1. The van der Waals surface area contributed by atoms with Crippen LogP contribution in [0.3, 0.4) is 0 Å². The number of benzene rings is 1. The molecule has 0 unspecified atom stereocenters. The largest absolute Gasteiger partial charge is 0.379 e. The third-order valence-electron chi connectivity index (χ3n) is 3.67. The van der Waals surface area contributed by atoms with Gasteiger partial charge in [-0.2, -0.15) is 4.31 Å². The fourth-order valence-corrected chi connectivity index (χ4v) is 3.68. The number of morpholine rings is 1. The lowest BCUT2D eigenvalue weighted by molar-refractivity contribution is 0.0730. The van der Waals surface area contributed by atoms with E-state index in [-0.39, 0.29) is 4.90 Å². The molecule has 1 N–H and O–H groups in total. The lowest BCUT2D eigenvalue weighted by Gasteiger charge is -2.25. The van der Waals surface area contributed by atoms with Crippen LogP contribution in [0.2, 0.25) is 0 Å². The standard InChI is InChI=1S/C16H19N3O3S/c1-13-2-4-14(5-3-13)18-16-7-6-15(12-17-16)23(20,21)19-8-10-22-11-9-19/h2-7,12H,8-11H2,1H3,(H,17,18). The molecule has 23 heavy (non-hydrogen) atoms. The van der Waals surface area contributed by atoms with E-state index >= 15 is 0 Å². The Morgan fingerprint density at radius 2 is 1.78 bits per heavy atom. The average Bonchev–Trinajstić information content (AvgIpc) is 2.58. The summed E-state index contributed by atoms with van der Waals surface area (Å²) in [6.07, 6.45) is 1.39. The van der Waals surface area contributed by atoms with E-state index < -0.39 is 10.0 Å². The molecule has 2 heterocycles. The van der Waals surface area contributed by atoms with Crippen LogP contribution in [-0.4, -0.2) is 44.0 Å². The van der Waals surface area contributed by atoms with Gasteiger partial charge in [-0.1, -0.05) is 17.7 Å². The molecule has 0 atom stereocenters. The molecule has 0 aliphatic carbocycles. The van der Waals surface area contributed by atoms with E-state index in [0.29, 0.717) is 32.1 Å². The van der Waals surface area contributed by atoms with Gasteiger partial charge in [0.05, 0.1) is 13.2 Å². The maximum absolute atomic E-state index is 12.5. The summed E-state index contributed by atoms with van der Waals surface area (Å²) in [7, 11) is -3.49. The van der Waals surface area contributed by atoms with Crippen molar-refractivity contribution in [2.24, 2.45) is 0 Å². The molecule has 6 nitrogen and oxygen atoms in total. The highest BCUT2D eigenvalue weighted by molar-refractivity contribution is 7.89. The Hall–Kier alpha value is -1.96. The highest BCUT2D eigenvalue weighted by atomic mass is 32.2. The number of aryl methyl sites for hydroxylation is 1. The minimum Gasteiger partial charge on any atom is -0.379 e.